The average molecular weight is 385 g/mol. The topological polar surface area (TPSA) is 72.7 Å². The van der Waals surface area contributed by atoms with Crippen molar-refractivity contribution in [1.29, 1.82) is 0 Å². The summed E-state index contributed by atoms with van der Waals surface area (Å²) in [4.78, 5) is 17.0. The number of fused-ring (bicyclic) bond motifs is 1. The van der Waals surface area contributed by atoms with Gasteiger partial charge in [-0.25, -0.2) is 9.37 Å². The van der Waals surface area contributed by atoms with Gasteiger partial charge in [-0.05, 0) is 35.9 Å². The predicted molar refractivity (Wildman–Crippen MR) is 116 cm³/mol. The highest BCUT2D eigenvalue weighted by Gasteiger charge is 2.30. The van der Waals surface area contributed by atoms with Crippen molar-refractivity contribution in [2.75, 3.05) is 5.32 Å². The Morgan fingerprint density at radius 2 is 1.86 bits per heavy atom. The second kappa shape index (κ2) is 7.16. The van der Waals surface area contributed by atoms with Crippen LogP contribution in [0.15, 0.2) is 61.1 Å². The highest BCUT2D eigenvalue weighted by atomic mass is 19.1. The van der Waals surface area contributed by atoms with Crippen LogP contribution in [0.1, 0.15) is 5.56 Å². The highest BCUT2D eigenvalue weighted by molar-refractivity contribution is 6.52. The zero-order valence-electron chi connectivity index (χ0n) is 16.3. The molecule has 0 saturated carbocycles. The van der Waals surface area contributed by atoms with E-state index in [1.165, 1.54) is 12.1 Å². The van der Waals surface area contributed by atoms with Gasteiger partial charge in [-0.1, -0.05) is 18.2 Å². The number of nitrogens with one attached hydrogen (secondary N) is 1. The summed E-state index contributed by atoms with van der Waals surface area (Å²) in [7, 11) is 5.50. The molecule has 0 fully saturated rings. The molecular weight excluding hydrogens is 367 g/mol. The van der Waals surface area contributed by atoms with Gasteiger partial charge in [0.1, 0.15) is 21.5 Å². The number of carbonyl (C=O) groups excluding carboxylic acids is 1. The van der Waals surface area contributed by atoms with E-state index >= 15 is 0 Å². The van der Waals surface area contributed by atoms with Crippen LogP contribution in [0.4, 0.5) is 10.2 Å². The van der Waals surface area contributed by atoms with Crippen LogP contribution in [-0.2, 0) is 17.1 Å². The second-order valence-electron chi connectivity index (χ2n) is 7.48. The highest BCUT2D eigenvalue weighted by Crippen LogP contribution is 2.25. The molecule has 0 saturated heterocycles. The Hall–Kier alpha value is -3.48. The molecule has 2 aromatic carbocycles. The molecule has 2 heterocycles. The number of amides is 1. The lowest BCUT2D eigenvalue weighted by atomic mass is 9.50. The number of halogens is 1. The molecular formula is C20H18B2FN5O. The van der Waals surface area contributed by atoms with Crippen LogP contribution in [0.5, 0.6) is 0 Å². The molecule has 0 atom stereocenters. The summed E-state index contributed by atoms with van der Waals surface area (Å²) in [5.41, 5.74) is 3.41. The zero-order valence-corrected chi connectivity index (χ0v) is 16.3. The van der Waals surface area contributed by atoms with Gasteiger partial charge < -0.3 is 9.88 Å². The summed E-state index contributed by atoms with van der Waals surface area (Å²) in [5.74, 6) is -0.227. The first kappa shape index (κ1) is 18.9. The number of aromatic nitrogens is 4. The van der Waals surface area contributed by atoms with Gasteiger partial charge in [0.15, 0.2) is 5.82 Å². The molecule has 0 radical (unpaired) electrons. The molecule has 0 aliphatic heterocycles. The molecule has 6 nitrogen and oxygen atoms in total. The first-order chi connectivity index (χ1) is 13.8. The Labute approximate surface area is 169 Å². The van der Waals surface area contributed by atoms with Crippen molar-refractivity contribution >= 4 is 38.3 Å². The van der Waals surface area contributed by atoms with Gasteiger partial charge in [0.25, 0.3) is 0 Å². The van der Waals surface area contributed by atoms with E-state index in [9.17, 15) is 9.18 Å². The lowest BCUT2D eigenvalue weighted by Crippen LogP contribution is -2.41. The minimum atomic E-state index is -0.860. The summed E-state index contributed by atoms with van der Waals surface area (Å²) in [6.45, 7) is 0. The molecule has 0 bridgehead atoms. The molecule has 29 heavy (non-hydrogen) atoms. The van der Waals surface area contributed by atoms with Crippen molar-refractivity contribution in [3.63, 3.8) is 0 Å². The number of aryl methyl sites for hydroxylation is 1. The molecule has 1 N–H and O–H groups in total. The molecule has 0 aliphatic rings. The number of imidazole rings is 1. The predicted octanol–water partition coefficient (Wildman–Crippen LogP) is 1.23. The number of hydrogen-bond donors (Lipinski definition) is 1. The van der Waals surface area contributed by atoms with Crippen LogP contribution in [0.25, 0.3) is 22.2 Å². The van der Waals surface area contributed by atoms with Crippen molar-refractivity contribution in [3.05, 3.63) is 72.4 Å². The third-order valence-electron chi connectivity index (χ3n) is 5.07. The van der Waals surface area contributed by atoms with Crippen LogP contribution in [0.3, 0.4) is 0 Å². The molecule has 142 valence electrons. The maximum absolute atomic E-state index is 13.2. The van der Waals surface area contributed by atoms with Crippen LogP contribution in [-0.4, -0.2) is 41.3 Å². The third-order valence-corrected chi connectivity index (χ3v) is 5.07. The van der Waals surface area contributed by atoms with Crippen molar-refractivity contribution in [1.82, 2.24) is 19.7 Å². The number of rotatable bonds is 4. The Balaban J connectivity index is 1.63. The molecule has 1 amide bonds. The monoisotopic (exact) mass is 385 g/mol. The van der Waals surface area contributed by atoms with Crippen molar-refractivity contribution in [2.45, 2.75) is 5.21 Å². The Bertz CT molecular complexity index is 1210. The summed E-state index contributed by atoms with van der Waals surface area (Å²) in [6.07, 6.45) is 3.54. The Morgan fingerprint density at radius 1 is 1.10 bits per heavy atom. The van der Waals surface area contributed by atoms with Crippen molar-refractivity contribution in [3.8, 4) is 11.3 Å². The fraction of sp³-hybridized carbons (Fsp3) is 0.100. The van der Waals surface area contributed by atoms with Crippen LogP contribution in [0, 0.1) is 5.82 Å². The number of nitrogens with zero attached hydrogens (tertiary/aromatic N) is 4. The van der Waals surface area contributed by atoms with Gasteiger partial charge in [-0.3, -0.25) is 4.79 Å². The quantitative estimate of drug-likeness (QED) is 0.537. The first-order valence-electron chi connectivity index (χ1n) is 9.16. The molecule has 0 aliphatic carbocycles. The van der Waals surface area contributed by atoms with E-state index < -0.39 is 5.21 Å². The smallest absolute Gasteiger partial charge is 0.220 e. The van der Waals surface area contributed by atoms with Gasteiger partial charge >= 0.3 is 0 Å². The van der Waals surface area contributed by atoms with Crippen molar-refractivity contribution < 1.29 is 9.18 Å². The van der Waals surface area contributed by atoms with Gasteiger partial charge in [0, 0.05) is 23.2 Å². The number of carbonyl (C=O) groups is 1. The zero-order chi connectivity index (χ0) is 20.6. The maximum atomic E-state index is 13.2. The largest absolute Gasteiger partial charge is 0.334 e. The van der Waals surface area contributed by atoms with E-state index in [1.54, 1.807) is 46.4 Å². The van der Waals surface area contributed by atoms with Crippen LogP contribution < -0.4 is 5.32 Å². The molecule has 9 heteroatoms. The van der Waals surface area contributed by atoms with E-state index in [-0.39, 0.29) is 11.7 Å². The van der Waals surface area contributed by atoms with E-state index in [0.717, 1.165) is 22.2 Å². The van der Waals surface area contributed by atoms with E-state index in [0.29, 0.717) is 11.4 Å². The van der Waals surface area contributed by atoms with Crippen LogP contribution in [0.2, 0.25) is 0 Å². The van der Waals surface area contributed by atoms with Gasteiger partial charge in [0.2, 0.25) is 5.91 Å². The third kappa shape index (κ3) is 3.63. The summed E-state index contributed by atoms with van der Waals surface area (Å²) in [6, 6.07) is 13.5. The summed E-state index contributed by atoms with van der Waals surface area (Å²) in [5, 5.41) is 11.2. The molecule has 0 spiro atoms. The van der Waals surface area contributed by atoms with Gasteiger partial charge in [0.05, 0.1) is 23.7 Å². The molecule has 0 unspecified atom stereocenters. The average Bonchev–Trinajstić information content (AvgIpc) is 3.13. The Kier molecular flexibility index (Phi) is 4.66. The minimum absolute atomic E-state index is 0.249. The number of hydrogen-bond acceptors (Lipinski definition) is 4. The fourth-order valence-corrected chi connectivity index (χ4v) is 3.17. The second-order valence-corrected chi connectivity index (χ2v) is 7.48. The first-order valence-corrected chi connectivity index (χ1v) is 9.16. The lowest BCUT2D eigenvalue weighted by Gasteiger charge is -2.24. The Morgan fingerprint density at radius 3 is 2.55 bits per heavy atom. The normalized spacial score (nSPS) is 11.5. The van der Waals surface area contributed by atoms with Gasteiger partial charge in [-0.2, -0.15) is 0 Å². The summed E-state index contributed by atoms with van der Waals surface area (Å²) < 4.78 is 15.1. The number of benzene rings is 2. The van der Waals surface area contributed by atoms with Gasteiger partial charge in [-0.15, -0.1) is 10.2 Å². The standard InChI is InChI=1S/C20H18B2FN5O/c1-28-11-24-10-17(28)12-2-7-16-13(8-12)9-18(27-26-16)25-19(29)20(21,22)14-3-5-15(23)6-4-14/h2-11H,21-22H2,1H3,(H,25,27,29). The maximum Gasteiger partial charge on any atom is 0.220 e. The SMILES string of the molecule is BC(B)(C(=O)Nc1cc2cc(-c3cncn3C)ccc2nn1)c1ccc(F)cc1. The molecule has 4 rings (SSSR count). The van der Waals surface area contributed by atoms with Crippen molar-refractivity contribution in [2.24, 2.45) is 7.05 Å². The van der Waals surface area contributed by atoms with E-state index in [1.807, 2.05) is 29.8 Å². The fourth-order valence-electron chi connectivity index (χ4n) is 3.17. The van der Waals surface area contributed by atoms with E-state index in [4.69, 9.17) is 0 Å². The summed E-state index contributed by atoms with van der Waals surface area (Å²) >= 11 is 0. The van der Waals surface area contributed by atoms with Crippen LogP contribution >= 0.6 is 0 Å². The minimum Gasteiger partial charge on any atom is -0.334 e. The molecule has 4 aromatic rings. The van der Waals surface area contributed by atoms with E-state index in [2.05, 4.69) is 20.5 Å². The lowest BCUT2D eigenvalue weighted by molar-refractivity contribution is -0.117. The molecule has 2 aromatic heterocycles. The number of anilines is 1.